The number of hydrogen-bond donors (Lipinski definition) is 1. The minimum Gasteiger partial charge on any atom is -0.490 e. The summed E-state index contributed by atoms with van der Waals surface area (Å²) in [6.45, 7) is 3.37. The topological polar surface area (TPSA) is 58.2 Å². The predicted molar refractivity (Wildman–Crippen MR) is 94.2 cm³/mol. The van der Waals surface area contributed by atoms with Crippen molar-refractivity contribution in [1.29, 1.82) is 0 Å². The minimum atomic E-state index is -0.307. The molecule has 25 heavy (non-hydrogen) atoms. The van der Waals surface area contributed by atoms with Gasteiger partial charge in [0.2, 0.25) is 0 Å². The molecule has 0 saturated carbocycles. The first-order valence-electron chi connectivity index (χ1n) is 8.84. The summed E-state index contributed by atoms with van der Waals surface area (Å²) in [5, 5.41) is 0. The quantitative estimate of drug-likeness (QED) is 0.874. The number of nitrogens with one attached hydrogen (secondary N) is 1. The summed E-state index contributed by atoms with van der Waals surface area (Å²) in [4.78, 5) is 20.9. The van der Waals surface area contributed by atoms with Crippen molar-refractivity contribution in [2.45, 2.75) is 25.7 Å². The third-order valence-electron chi connectivity index (χ3n) is 4.70. The van der Waals surface area contributed by atoms with Gasteiger partial charge in [0.05, 0.1) is 6.61 Å². The summed E-state index contributed by atoms with van der Waals surface area (Å²) < 4.78 is 19.3. The van der Waals surface area contributed by atoms with Crippen LogP contribution in [-0.2, 0) is 6.42 Å². The highest BCUT2D eigenvalue weighted by molar-refractivity contribution is 5.23. The SMILES string of the molecule is O=c1[nH]ccnc1CCN1CCCC(COc2ccccc2F)CC1. The second kappa shape index (κ2) is 8.76. The van der Waals surface area contributed by atoms with E-state index in [-0.39, 0.29) is 11.4 Å². The average Bonchev–Trinajstić information content (AvgIpc) is 2.86. The number of likely N-dealkylation sites (tertiary alicyclic amines) is 1. The Morgan fingerprint density at radius 2 is 2.16 bits per heavy atom. The number of aromatic amines is 1. The molecule has 0 spiro atoms. The molecular weight excluding hydrogens is 321 g/mol. The molecule has 2 aromatic rings. The van der Waals surface area contributed by atoms with Crippen LogP contribution in [0.4, 0.5) is 4.39 Å². The molecule has 1 aliphatic rings. The fourth-order valence-electron chi connectivity index (χ4n) is 3.21. The van der Waals surface area contributed by atoms with Crippen molar-refractivity contribution in [3.63, 3.8) is 0 Å². The molecule has 3 rings (SSSR count). The maximum atomic E-state index is 13.6. The van der Waals surface area contributed by atoms with Gasteiger partial charge in [0, 0.05) is 25.4 Å². The zero-order valence-electron chi connectivity index (χ0n) is 14.3. The van der Waals surface area contributed by atoms with Crippen LogP contribution in [0.5, 0.6) is 5.75 Å². The van der Waals surface area contributed by atoms with Crippen molar-refractivity contribution in [3.8, 4) is 5.75 Å². The number of ether oxygens (including phenoxy) is 1. The fraction of sp³-hybridized carbons (Fsp3) is 0.474. The molecule has 1 aliphatic heterocycles. The Labute approximate surface area is 146 Å². The molecule has 5 nitrogen and oxygen atoms in total. The van der Waals surface area contributed by atoms with Crippen LogP contribution in [0.15, 0.2) is 41.5 Å². The lowest BCUT2D eigenvalue weighted by Gasteiger charge is -2.19. The second-order valence-corrected chi connectivity index (χ2v) is 6.49. The maximum absolute atomic E-state index is 13.6. The van der Waals surface area contributed by atoms with Gasteiger partial charge < -0.3 is 14.6 Å². The molecule has 1 fully saturated rings. The third kappa shape index (κ3) is 5.13. The van der Waals surface area contributed by atoms with Crippen molar-refractivity contribution in [3.05, 3.63) is 58.5 Å². The van der Waals surface area contributed by atoms with Gasteiger partial charge in [-0.25, -0.2) is 4.39 Å². The van der Waals surface area contributed by atoms with Crippen LogP contribution in [0.1, 0.15) is 25.0 Å². The number of para-hydroxylation sites is 1. The molecule has 0 radical (unpaired) electrons. The van der Waals surface area contributed by atoms with E-state index in [1.807, 2.05) is 0 Å². The number of benzene rings is 1. The van der Waals surface area contributed by atoms with E-state index < -0.39 is 0 Å². The van der Waals surface area contributed by atoms with Crippen LogP contribution in [-0.4, -0.2) is 41.1 Å². The molecule has 1 aromatic heterocycles. The molecule has 0 aliphatic carbocycles. The van der Waals surface area contributed by atoms with Gasteiger partial charge in [0.15, 0.2) is 11.6 Å². The molecule has 1 unspecified atom stereocenters. The van der Waals surface area contributed by atoms with Gasteiger partial charge in [-0.1, -0.05) is 12.1 Å². The van der Waals surface area contributed by atoms with E-state index in [1.165, 1.54) is 6.07 Å². The number of aromatic nitrogens is 2. The normalized spacial score (nSPS) is 18.7. The van der Waals surface area contributed by atoms with Crippen LogP contribution in [0, 0.1) is 11.7 Å². The Morgan fingerprint density at radius 3 is 3.00 bits per heavy atom. The maximum Gasteiger partial charge on any atom is 0.269 e. The van der Waals surface area contributed by atoms with Crippen molar-refractivity contribution < 1.29 is 9.13 Å². The first-order valence-corrected chi connectivity index (χ1v) is 8.84. The van der Waals surface area contributed by atoms with Gasteiger partial charge in [0.25, 0.3) is 5.56 Å². The number of halogens is 1. The van der Waals surface area contributed by atoms with Crippen molar-refractivity contribution in [1.82, 2.24) is 14.9 Å². The van der Waals surface area contributed by atoms with Crippen LogP contribution in [0.25, 0.3) is 0 Å². The van der Waals surface area contributed by atoms with Gasteiger partial charge in [0.1, 0.15) is 5.69 Å². The molecule has 1 saturated heterocycles. The molecule has 0 amide bonds. The molecule has 134 valence electrons. The second-order valence-electron chi connectivity index (χ2n) is 6.49. The van der Waals surface area contributed by atoms with Crippen LogP contribution in [0.3, 0.4) is 0 Å². The number of rotatable bonds is 6. The van der Waals surface area contributed by atoms with Gasteiger partial charge >= 0.3 is 0 Å². The lowest BCUT2D eigenvalue weighted by molar-refractivity contribution is 0.220. The highest BCUT2D eigenvalue weighted by Crippen LogP contribution is 2.21. The number of H-pyrrole nitrogens is 1. The largest absolute Gasteiger partial charge is 0.490 e. The molecule has 6 heteroatoms. The van der Waals surface area contributed by atoms with E-state index in [2.05, 4.69) is 14.9 Å². The molecule has 1 N–H and O–H groups in total. The smallest absolute Gasteiger partial charge is 0.269 e. The third-order valence-corrected chi connectivity index (χ3v) is 4.70. The van der Waals surface area contributed by atoms with E-state index in [9.17, 15) is 9.18 Å². The Balaban J connectivity index is 1.45. The highest BCUT2D eigenvalue weighted by atomic mass is 19.1. The molecule has 2 heterocycles. The zero-order chi connectivity index (χ0) is 17.5. The first-order chi connectivity index (χ1) is 12.2. The van der Waals surface area contributed by atoms with Gasteiger partial charge in [-0.15, -0.1) is 0 Å². The zero-order valence-corrected chi connectivity index (χ0v) is 14.3. The molecule has 1 aromatic carbocycles. The monoisotopic (exact) mass is 345 g/mol. The minimum absolute atomic E-state index is 0.103. The van der Waals surface area contributed by atoms with Crippen molar-refractivity contribution >= 4 is 0 Å². The standard InChI is InChI=1S/C19H24FN3O2/c20-16-5-1-2-6-18(16)25-14-15-4-3-11-23(12-7-15)13-8-17-19(24)22-10-9-21-17/h1-2,5-6,9-10,15H,3-4,7-8,11-14H2,(H,22,24). The van der Waals surface area contributed by atoms with Crippen molar-refractivity contribution in [2.75, 3.05) is 26.2 Å². The summed E-state index contributed by atoms with van der Waals surface area (Å²) in [6, 6.07) is 6.54. The summed E-state index contributed by atoms with van der Waals surface area (Å²) >= 11 is 0. The molecule has 0 bridgehead atoms. The summed E-state index contributed by atoms with van der Waals surface area (Å²) in [5.41, 5.74) is 0.486. The first kappa shape index (κ1) is 17.6. The highest BCUT2D eigenvalue weighted by Gasteiger charge is 2.18. The Bertz CT molecular complexity index is 734. The fourth-order valence-corrected chi connectivity index (χ4v) is 3.21. The summed E-state index contributed by atoms with van der Waals surface area (Å²) in [7, 11) is 0. The van der Waals surface area contributed by atoms with Gasteiger partial charge in [-0.3, -0.25) is 9.78 Å². The van der Waals surface area contributed by atoms with Crippen molar-refractivity contribution in [2.24, 2.45) is 5.92 Å². The summed E-state index contributed by atoms with van der Waals surface area (Å²) in [6.07, 6.45) is 7.02. The lowest BCUT2D eigenvalue weighted by atomic mass is 10.0. The Morgan fingerprint density at radius 1 is 1.28 bits per heavy atom. The van der Waals surface area contributed by atoms with Crippen LogP contribution < -0.4 is 10.3 Å². The Kier molecular flexibility index (Phi) is 6.17. The van der Waals surface area contributed by atoms with E-state index in [4.69, 9.17) is 4.74 Å². The van der Waals surface area contributed by atoms with E-state index >= 15 is 0 Å². The summed E-state index contributed by atoms with van der Waals surface area (Å²) in [5.74, 6) is 0.458. The average molecular weight is 345 g/mol. The predicted octanol–water partition coefficient (Wildman–Crippen LogP) is 2.63. The number of nitrogens with zero attached hydrogens (tertiary/aromatic N) is 2. The van der Waals surface area contributed by atoms with Gasteiger partial charge in [-0.05, 0) is 50.4 Å². The van der Waals surface area contributed by atoms with Crippen LogP contribution in [0.2, 0.25) is 0 Å². The Hall–Kier alpha value is -2.21. The van der Waals surface area contributed by atoms with E-state index in [0.717, 1.165) is 38.9 Å². The van der Waals surface area contributed by atoms with E-state index in [0.29, 0.717) is 30.4 Å². The molecule has 1 atom stereocenters. The van der Waals surface area contributed by atoms with Crippen LogP contribution >= 0.6 is 0 Å². The van der Waals surface area contributed by atoms with Gasteiger partial charge in [-0.2, -0.15) is 0 Å². The number of hydrogen-bond acceptors (Lipinski definition) is 4. The molecular formula is C19H24FN3O2. The lowest BCUT2D eigenvalue weighted by Crippen LogP contribution is -2.29. The van der Waals surface area contributed by atoms with E-state index in [1.54, 1.807) is 30.6 Å².